The molecule has 194 valence electrons. The highest BCUT2D eigenvalue weighted by Gasteiger charge is 2.53. The Labute approximate surface area is 192 Å². The van der Waals surface area contributed by atoms with Gasteiger partial charge in [-0.25, -0.2) is 5.90 Å². The summed E-state index contributed by atoms with van der Waals surface area (Å²) >= 11 is 0. The summed E-state index contributed by atoms with van der Waals surface area (Å²) in [5.74, 6) is 4.69. The van der Waals surface area contributed by atoms with Crippen LogP contribution in [0.1, 0.15) is 19.8 Å². The number of hydrogen-bond donors (Lipinski definition) is 9. The van der Waals surface area contributed by atoms with Crippen LogP contribution in [-0.4, -0.2) is 113 Å². The summed E-state index contributed by atoms with van der Waals surface area (Å²) in [6, 6.07) is -2.68. The molecule has 14 atom stereocenters. The molecule has 1 saturated carbocycles. The Morgan fingerprint density at radius 2 is 1.45 bits per heavy atom. The van der Waals surface area contributed by atoms with Crippen LogP contribution < -0.4 is 28.8 Å². The summed E-state index contributed by atoms with van der Waals surface area (Å²) in [4.78, 5) is 4.83. The van der Waals surface area contributed by atoms with Crippen molar-refractivity contribution in [3.8, 4) is 0 Å². The minimum Gasteiger partial charge on any atom is -0.394 e. The van der Waals surface area contributed by atoms with Gasteiger partial charge in [-0.3, -0.25) is 4.84 Å². The van der Waals surface area contributed by atoms with Crippen molar-refractivity contribution < 1.29 is 44.2 Å². The molecule has 0 radical (unpaired) electrons. The predicted molar refractivity (Wildman–Crippen MR) is 113 cm³/mol. The molecule has 0 aromatic carbocycles. The van der Waals surface area contributed by atoms with E-state index >= 15 is 0 Å². The topological polar surface area (TPSA) is 257 Å². The zero-order chi connectivity index (χ0) is 24.4. The van der Waals surface area contributed by atoms with Crippen LogP contribution in [0.15, 0.2) is 0 Å². The van der Waals surface area contributed by atoms with Crippen LogP contribution in [0, 0.1) is 5.92 Å². The summed E-state index contributed by atoms with van der Waals surface area (Å²) in [5.41, 5.74) is 24.0. The van der Waals surface area contributed by atoms with Gasteiger partial charge >= 0.3 is 0 Å². The van der Waals surface area contributed by atoms with Gasteiger partial charge in [0.15, 0.2) is 12.6 Å². The molecule has 0 spiro atoms. The Morgan fingerprint density at radius 3 is 2.00 bits per heavy atom. The van der Waals surface area contributed by atoms with Gasteiger partial charge in [0.05, 0.1) is 36.9 Å². The first-order valence-electron chi connectivity index (χ1n) is 11.2. The largest absolute Gasteiger partial charge is 0.394 e. The van der Waals surface area contributed by atoms with Crippen LogP contribution in [-0.2, 0) is 23.8 Å². The second kappa shape index (κ2) is 11.5. The van der Waals surface area contributed by atoms with E-state index in [2.05, 4.69) is 0 Å². The molecule has 0 bridgehead atoms. The van der Waals surface area contributed by atoms with Crippen molar-refractivity contribution in [3.05, 3.63) is 0 Å². The van der Waals surface area contributed by atoms with Gasteiger partial charge in [-0.05, 0) is 12.8 Å². The summed E-state index contributed by atoms with van der Waals surface area (Å²) in [7, 11) is 0. The molecule has 6 unspecified atom stereocenters. The van der Waals surface area contributed by atoms with Crippen molar-refractivity contribution in [1.29, 1.82) is 0 Å². The van der Waals surface area contributed by atoms with Crippen LogP contribution in [0.4, 0.5) is 0 Å². The summed E-state index contributed by atoms with van der Waals surface area (Å²) in [6.07, 6.45) is -9.23. The third-order valence-corrected chi connectivity index (χ3v) is 6.91. The van der Waals surface area contributed by atoms with Gasteiger partial charge in [0, 0.05) is 12.5 Å². The van der Waals surface area contributed by atoms with Crippen LogP contribution >= 0.6 is 0 Å². The fraction of sp³-hybridized carbons (Fsp3) is 1.00. The average molecular weight is 482 g/mol. The zero-order valence-corrected chi connectivity index (χ0v) is 18.6. The number of aliphatic hydroxyl groups excluding tert-OH is 4. The fourth-order valence-electron chi connectivity index (χ4n) is 4.70. The lowest BCUT2D eigenvalue weighted by Crippen LogP contribution is -2.72. The molecular weight excluding hydrogens is 442 g/mol. The third kappa shape index (κ3) is 5.49. The molecule has 33 heavy (non-hydrogen) atoms. The first-order chi connectivity index (χ1) is 15.6. The molecule has 3 fully saturated rings. The highest BCUT2D eigenvalue weighted by molar-refractivity contribution is 5.05. The summed E-state index contributed by atoms with van der Waals surface area (Å²) < 4.78 is 23.1. The van der Waals surface area contributed by atoms with E-state index in [0.29, 0.717) is 12.8 Å². The van der Waals surface area contributed by atoms with Gasteiger partial charge < -0.3 is 62.3 Å². The zero-order valence-electron chi connectivity index (χ0n) is 18.6. The van der Waals surface area contributed by atoms with Crippen molar-refractivity contribution in [1.82, 2.24) is 0 Å². The summed E-state index contributed by atoms with van der Waals surface area (Å²) in [5, 5.41) is 41.9. The smallest absolute Gasteiger partial charge is 0.184 e. The predicted octanol–water partition coefficient (Wildman–Crippen LogP) is -5.09. The van der Waals surface area contributed by atoms with E-state index in [4.69, 9.17) is 52.6 Å². The van der Waals surface area contributed by atoms with E-state index in [0.717, 1.165) is 0 Å². The van der Waals surface area contributed by atoms with Gasteiger partial charge in [-0.1, -0.05) is 6.92 Å². The molecule has 0 amide bonds. The average Bonchev–Trinajstić information content (AvgIpc) is 2.81. The Balaban J connectivity index is 1.75. The molecule has 14 nitrogen and oxygen atoms in total. The first-order valence-corrected chi connectivity index (χ1v) is 11.2. The second-order valence-electron chi connectivity index (χ2n) is 9.12. The molecule has 3 rings (SSSR count). The maximum Gasteiger partial charge on any atom is 0.184 e. The van der Waals surface area contributed by atoms with E-state index in [-0.39, 0.29) is 12.6 Å². The summed E-state index contributed by atoms with van der Waals surface area (Å²) in [6.45, 7) is 1.48. The number of hydrogen-bond acceptors (Lipinski definition) is 14. The van der Waals surface area contributed by atoms with Crippen LogP contribution in [0.2, 0.25) is 0 Å². The molecule has 1 aliphatic carbocycles. The highest BCUT2D eigenvalue weighted by atomic mass is 16.7. The number of aliphatic hydroxyl groups is 4. The number of rotatable bonds is 7. The van der Waals surface area contributed by atoms with Crippen molar-refractivity contribution >= 4 is 0 Å². The highest BCUT2D eigenvalue weighted by Crippen LogP contribution is 2.33. The van der Waals surface area contributed by atoms with Gasteiger partial charge in [0.1, 0.15) is 36.6 Å². The van der Waals surface area contributed by atoms with E-state index in [1.807, 2.05) is 0 Å². The van der Waals surface area contributed by atoms with Gasteiger partial charge in [0.2, 0.25) is 0 Å². The molecule has 2 saturated heterocycles. The molecule has 3 aliphatic rings. The maximum absolute atomic E-state index is 11.1. The normalized spacial score (nSPS) is 51.5. The van der Waals surface area contributed by atoms with E-state index in [1.165, 1.54) is 0 Å². The monoisotopic (exact) mass is 481 g/mol. The first kappa shape index (κ1) is 27.0. The molecule has 2 aliphatic heterocycles. The van der Waals surface area contributed by atoms with Gasteiger partial charge in [-0.15, -0.1) is 0 Å². The van der Waals surface area contributed by atoms with Crippen molar-refractivity contribution in [3.63, 3.8) is 0 Å². The molecule has 14 N–H and O–H groups in total. The Hall–Kier alpha value is -0.560. The standard InChI is InChI=1S/C19H39N5O9/c1-6-12(26)19(30-9(5-25)15(6)33-24)32-17-11(23)13(27)10(22)16(14(17)28)31-18-8(21)3-2-7(4-20)29-18/h6-19,25-28H,2-5,20-24H2,1H3/t6-,7+,8?,9?,10+,11?,12?,13-,14?,15+,16?,17+,18-,19-/m1/s1. The van der Waals surface area contributed by atoms with Crippen LogP contribution in [0.3, 0.4) is 0 Å². The van der Waals surface area contributed by atoms with Gasteiger partial charge in [-0.2, -0.15) is 0 Å². The van der Waals surface area contributed by atoms with Crippen LogP contribution in [0.25, 0.3) is 0 Å². The van der Waals surface area contributed by atoms with E-state index < -0.39 is 86.0 Å². The maximum atomic E-state index is 11.1. The molecule has 14 heteroatoms. The number of ether oxygens (including phenoxy) is 4. The Kier molecular flexibility index (Phi) is 9.38. The van der Waals surface area contributed by atoms with E-state index in [1.54, 1.807) is 6.92 Å². The second-order valence-corrected chi connectivity index (χ2v) is 9.12. The van der Waals surface area contributed by atoms with Crippen molar-refractivity contribution in [2.24, 2.45) is 34.7 Å². The Morgan fingerprint density at radius 1 is 0.848 bits per heavy atom. The number of nitrogens with two attached hydrogens (primary N) is 5. The van der Waals surface area contributed by atoms with Crippen LogP contribution in [0.5, 0.6) is 0 Å². The third-order valence-electron chi connectivity index (χ3n) is 6.91. The Bertz CT molecular complexity index is 622. The van der Waals surface area contributed by atoms with Crippen molar-refractivity contribution in [2.75, 3.05) is 13.2 Å². The minimum atomic E-state index is -1.42. The van der Waals surface area contributed by atoms with Crippen molar-refractivity contribution in [2.45, 2.75) is 99.3 Å². The molecule has 0 aromatic rings. The SMILES string of the molecule is C[C@@H]1C(O)[C@@H](O[C@@H]2C(O)C(O[C@H]3O[C@H](CN)CCC3N)[C@@H](N)[C@@H](O)C2N)OC(CO)[C@H]1ON. The molecule has 0 aromatic heterocycles. The molecular formula is C19H39N5O9. The lowest BCUT2D eigenvalue weighted by Gasteiger charge is -2.49. The van der Waals surface area contributed by atoms with E-state index in [9.17, 15) is 20.4 Å². The lowest BCUT2D eigenvalue weighted by molar-refractivity contribution is -0.328. The quantitative estimate of drug-likeness (QED) is 0.154. The lowest BCUT2D eigenvalue weighted by atomic mass is 9.81. The van der Waals surface area contributed by atoms with Gasteiger partial charge in [0.25, 0.3) is 0 Å². The fourth-order valence-corrected chi connectivity index (χ4v) is 4.70. The molecule has 2 heterocycles. The minimum absolute atomic E-state index is 0.258.